The predicted octanol–water partition coefficient (Wildman–Crippen LogP) is 1.46. The predicted molar refractivity (Wildman–Crippen MR) is 69.1 cm³/mol. The summed E-state index contributed by atoms with van der Waals surface area (Å²) in [6, 6.07) is 0.282. The summed E-state index contributed by atoms with van der Waals surface area (Å²) in [4.78, 5) is 16.6. The summed E-state index contributed by atoms with van der Waals surface area (Å²) in [6.45, 7) is 10.6. The van der Waals surface area contributed by atoms with Crippen molar-refractivity contribution < 1.29 is 9.53 Å². The van der Waals surface area contributed by atoms with Crippen LogP contribution in [0.5, 0.6) is 0 Å². The Kier molecular flexibility index (Phi) is 2.72. The molecule has 4 nitrogen and oxygen atoms in total. The van der Waals surface area contributed by atoms with Gasteiger partial charge in [-0.3, -0.25) is 9.69 Å². The van der Waals surface area contributed by atoms with Crippen molar-refractivity contribution in [2.75, 3.05) is 26.2 Å². The topological polar surface area (TPSA) is 32.8 Å². The minimum atomic E-state index is -0.277. The molecule has 0 aliphatic carbocycles. The second-order valence-corrected chi connectivity index (χ2v) is 7.09. The lowest BCUT2D eigenvalue weighted by atomic mass is 9.95. The van der Waals surface area contributed by atoms with Gasteiger partial charge >= 0.3 is 0 Å². The first-order valence-electron chi connectivity index (χ1n) is 7.11. The van der Waals surface area contributed by atoms with Gasteiger partial charge in [-0.15, -0.1) is 0 Å². The molecule has 4 heteroatoms. The van der Waals surface area contributed by atoms with Gasteiger partial charge in [-0.1, -0.05) is 20.8 Å². The van der Waals surface area contributed by atoms with Gasteiger partial charge in [0.1, 0.15) is 0 Å². The van der Waals surface area contributed by atoms with Crippen LogP contribution in [-0.2, 0) is 9.53 Å². The van der Waals surface area contributed by atoms with Crippen LogP contribution < -0.4 is 0 Å². The van der Waals surface area contributed by atoms with Gasteiger partial charge in [-0.25, -0.2) is 0 Å². The Morgan fingerprint density at radius 1 is 1.39 bits per heavy atom. The molecule has 3 fully saturated rings. The zero-order chi connectivity index (χ0) is 13.0. The van der Waals surface area contributed by atoms with E-state index in [4.69, 9.17) is 4.74 Å². The molecule has 0 bridgehead atoms. The highest BCUT2D eigenvalue weighted by molar-refractivity contribution is 5.81. The van der Waals surface area contributed by atoms with Crippen molar-refractivity contribution >= 4 is 5.91 Å². The maximum atomic E-state index is 12.1. The molecule has 0 saturated carbocycles. The van der Waals surface area contributed by atoms with E-state index in [1.807, 2.05) is 4.90 Å². The van der Waals surface area contributed by atoms with Crippen molar-refractivity contribution in [2.24, 2.45) is 5.41 Å². The zero-order valence-electron chi connectivity index (χ0n) is 11.7. The van der Waals surface area contributed by atoms with Gasteiger partial charge < -0.3 is 9.64 Å². The highest BCUT2D eigenvalue weighted by Crippen LogP contribution is 2.45. The van der Waals surface area contributed by atoms with Crippen molar-refractivity contribution in [1.29, 1.82) is 0 Å². The standard InChI is InChI=1S/C14H24N2O2/c1-13(2,3)10-15-7-5-14-11(15)9-12(17)16(14)6-4-8-18-14/h11H,4-10H2,1-3H3/t11-,14+/m1/s1. The Balaban J connectivity index is 1.83. The Hall–Kier alpha value is -0.610. The molecule has 3 heterocycles. The summed E-state index contributed by atoms with van der Waals surface area (Å²) in [5, 5.41) is 0. The number of rotatable bonds is 1. The molecule has 18 heavy (non-hydrogen) atoms. The van der Waals surface area contributed by atoms with Gasteiger partial charge in [-0.2, -0.15) is 0 Å². The number of amides is 1. The molecule has 0 unspecified atom stereocenters. The molecule has 3 aliphatic rings. The first-order chi connectivity index (χ1) is 8.42. The van der Waals surface area contributed by atoms with E-state index in [1.54, 1.807) is 0 Å². The molecule has 3 rings (SSSR count). The molecule has 0 radical (unpaired) electrons. The maximum Gasteiger partial charge on any atom is 0.226 e. The molecule has 102 valence electrons. The first kappa shape index (κ1) is 12.4. The van der Waals surface area contributed by atoms with Crippen LogP contribution in [-0.4, -0.2) is 53.7 Å². The van der Waals surface area contributed by atoms with Crippen LogP contribution in [0.2, 0.25) is 0 Å². The number of likely N-dealkylation sites (tertiary alicyclic amines) is 1. The lowest BCUT2D eigenvalue weighted by Crippen LogP contribution is -2.56. The van der Waals surface area contributed by atoms with Crippen molar-refractivity contribution in [2.45, 2.75) is 51.8 Å². The molecule has 0 aromatic heterocycles. The van der Waals surface area contributed by atoms with Crippen LogP contribution in [0.4, 0.5) is 0 Å². The van der Waals surface area contributed by atoms with Crippen molar-refractivity contribution in [1.82, 2.24) is 9.80 Å². The molecule has 1 amide bonds. The third kappa shape index (κ3) is 1.77. The third-order valence-corrected chi connectivity index (χ3v) is 4.40. The van der Waals surface area contributed by atoms with Crippen LogP contribution in [0.25, 0.3) is 0 Å². The molecule has 3 aliphatic heterocycles. The van der Waals surface area contributed by atoms with Crippen LogP contribution in [0.1, 0.15) is 40.0 Å². The second-order valence-electron chi connectivity index (χ2n) is 7.09. The quantitative estimate of drug-likeness (QED) is 0.708. The molecule has 0 aromatic rings. The molecular formula is C14H24N2O2. The number of carbonyl (C=O) groups excluding carboxylic acids is 1. The summed E-state index contributed by atoms with van der Waals surface area (Å²) in [7, 11) is 0. The summed E-state index contributed by atoms with van der Waals surface area (Å²) in [5.74, 6) is 0.290. The van der Waals surface area contributed by atoms with E-state index in [9.17, 15) is 4.79 Å². The van der Waals surface area contributed by atoms with Crippen LogP contribution in [0.15, 0.2) is 0 Å². The highest BCUT2D eigenvalue weighted by Gasteiger charge is 2.60. The highest BCUT2D eigenvalue weighted by atomic mass is 16.5. The van der Waals surface area contributed by atoms with E-state index in [2.05, 4.69) is 25.7 Å². The Labute approximate surface area is 109 Å². The Morgan fingerprint density at radius 3 is 2.89 bits per heavy atom. The molecule has 0 N–H and O–H groups in total. The molecule has 2 atom stereocenters. The fourth-order valence-corrected chi connectivity index (χ4v) is 3.83. The van der Waals surface area contributed by atoms with Gasteiger partial charge in [0, 0.05) is 32.5 Å². The summed E-state index contributed by atoms with van der Waals surface area (Å²) < 4.78 is 6.09. The number of hydrogen-bond acceptors (Lipinski definition) is 3. The molecule has 1 spiro atoms. The van der Waals surface area contributed by atoms with Gasteiger partial charge in [0.05, 0.1) is 12.6 Å². The van der Waals surface area contributed by atoms with Gasteiger partial charge in [0.2, 0.25) is 5.91 Å². The smallest absolute Gasteiger partial charge is 0.226 e. The summed E-state index contributed by atoms with van der Waals surface area (Å²) in [5.41, 5.74) is -0.00273. The first-order valence-corrected chi connectivity index (χ1v) is 7.11. The molecule has 3 saturated heterocycles. The normalized spacial score (nSPS) is 36.9. The van der Waals surface area contributed by atoms with Gasteiger partial charge in [-0.05, 0) is 11.8 Å². The van der Waals surface area contributed by atoms with Crippen molar-refractivity contribution in [3.8, 4) is 0 Å². The average molecular weight is 252 g/mol. The maximum absolute atomic E-state index is 12.1. The summed E-state index contributed by atoms with van der Waals surface area (Å²) >= 11 is 0. The molecular weight excluding hydrogens is 228 g/mol. The van der Waals surface area contributed by atoms with E-state index >= 15 is 0 Å². The Morgan fingerprint density at radius 2 is 2.17 bits per heavy atom. The van der Waals surface area contributed by atoms with Gasteiger partial charge in [0.15, 0.2) is 5.72 Å². The van der Waals surface area contributed by atoms with Crippen LogP contribution in [0.3, 0.4) is 0 Å². The minimum Gasteiger partial charge on any atom is -0.354 e. The lowest BCUT2D eigenvalue weighted by Gasteiger charge is -2.42. The fraction of sp³-hybridized carbons (Fsp3) is 0.929. The minimum absolute atomic E-state index is 0.274. The number of ether oxygens (including phenoxy) is 1. The van der Waals surface area contributed by atoms with E-state index in [1.165, 1.54) is 0 Å². The molecule has 0 aromatic carbocycles. The number of carbonyl (C=O) groups is 1. The zero-order valence-corrected chi connectivity index (χ0v) is 11.7. The van der Waals surface area contributed by atoms with E-state index in [0.29, 0.717) is 12.3 Å². The van der Waals surface area contributed by atoms with E-state index in [-0.39, 0.29) is 17.2 Å². The van der Waals surface area contributed by atoms with Crippen LogP contribution >= 0.6 is 0 Å². The third-order valence-electron chi connectivity index (χ3n) is 4.40. The monoisotopic (exact) mass is 252 g/mol. The lowest BCUT2D eigenvalue weighted by molar-refractivity contribution is -0.180. The largest absolute Gasteiger partial charge is 0.354 e. The second kappa shape index (κ2) is 3.94. The van der Waals surface area contributed by atoms with Crippen molar-refractivity contribution in [3.63, 3.8) is 0 Å². The van der Waals surface area contributed by atoms with Crippen molar-refractivity contribution in [3.05, 3.63) is 0 Å². The van der Waals surface area contributed by atoms with Gasteiger partial charge in [0.25, 0.3) is 0 Å². The van der Waals surface area contributed by atoms with E-state index < -0.39 is 0 Å². The number of nitrogens with zero attached hydrogens (tertiary/aromatic N) is 2. The average Bonchev–Trinajstić information content (AvgIpc) is 2.73. The van der Waals surface area contributed by atoms with Crippen LogP contribution in [0, 0.1) is 5.41 Å². The summed E-state index contributed by atoms with van der Waals surface area (Å²) in [6.07, 6.45) is 2.62. The van der Waals surface area contributed by atoms with E-state index in [0.717, 1.165) is 39.1 Å². The SMILES string of the molecule is CC(C)(C)CN1CC[C@@]23OCCCN2C(=O)C[C@@H]13. The Bertz CT molecular complexity index is 363. The fourth-order valence-electron chi connectivity index (χ4n) is 3.83. The number of hydrogen-bond donors (Lipinski definition) is 0.